The van der Waals surface area contributed by atoms with E-state index in [-0.39, 0.29) is 0 Å². The molecular weight excluding hydrogens is 354 g/mol. The third-order valence-electron chi connectivity index (χ3n) is 2.93. The van der Waals surface area contributed by atoms with Crippen LogP contribution in [0.3, 0.4) is 0 Å². The molecule has 2 rings (SSSR count). The maximum atomic E-state index is 8.78. The fourth-order valence-electron chi connectivity index (χ4n) is 1.87. The van der Waals surface area contributed by atoms with Crippen LogP contribution in [0.1, 0.15) is 16.7 Å². The van der Waals surface area contributed by atoms with Crippen LogP contribution in [0.15, 0.2) is 36.4 Å². The lowest BCUT2D eigenvalue weighted by molar-refractivity contribution is 0.282. The van der Waals surface area contributed by atoms with Crippen molar-refractivity contribution < 1.29 is 9.47 Å². The Bertz CT molecular complexity index is 640. The van der Waals surface area contributed by atoms with Crippen LogP contribution in [-0.4, -0.2) is 7.11 Å². The minimum absolute atomic E-state index is 0.393. The van der Waals surface area contributed by atoms with E-state index in [0.717, 1.165) is 11.1 Å². The molecule has 0 spiro atoms. The maximum absolute atomic E-state index is 8.78. The van der Waals surface area contributed by atoms with E-state index in [0.29, 0.717) is 34.0 Å². The summed E-state index contributed by atoms with van der Waals surface area (Å²) in [4.78, 5) is 0. The van der Waals surface area contributed by atoms with Gasteiger partial charge in [-0.15, -0.1) is 0 Å². The fraction of sp³-hybridized carbons (Fsp3) is 0.188. The van der Waals surface area contributed by atoms with Crippen molar-refractivity contribution in [1.29, 1.82) is 5.26 Å². The molecule has 2 aromatic rings. The average molecular weight is 367 g/mol. The highest BCUT2D eigenvalue weighted by Crippen LogP contribution is 2.36. The summed E-state index contributed by atoms with van der Waals surface area (Å²) in [6.45, 7) is 0.393. The lowest BCUT2D eigenvalue weighted by Crippen LogP contribution is -2.00. The van der Waals surface area contributed by atoms with Crippen LogP contribution in [0, 0.1) is 11.3 Å². The fourth-order valence-corrected chi connectivity index (χ4v) is 2.52. The van der Waals surface area contributed by atoms with Crippen LogP contribution in [0.2, 0.25) is 5.02 Å². The molecule has 0 aliphatic rings. The van der Waals surface area contributed by atoms with Gasteiger partial charge in [0.25, 0.3) is 0 Å². The average Bonchev–Trinajstić information content (AvgIpc) is 2.53. The van der Waals surface area contributed by atoms with Crippen molar-refractivity contribution >= 4 is 27.5 Å². The topological polar surface area (TPSA) is 42.2 Å². The van der Waals surface area contributed by atoms with E-state index < -0.39 is 0 Å². The molecule has 3 nitrogen and oxygen atoms in total. The monoisotopic (exact) mass is 365 g/mol. The highest BCUT2D eigenvalue weighted by Gasteiger charge is 2.12. The normalized spacial score (nSPS) is 10.0. The second-order valence-electron chi connectivity index (χ2n) is 4.33. The predicted octanol–water partition coefficient (Wildman–Crippen LogP) is 4.69. The van der Waals surface area contributed by atoms with Crippen molar-refractivity contribution in [2.24, 2.45) is 0 Å². The molecule has 0 amide bonds. The van der Waals surface area contributed by atoms with Gasteiger partial charge in [0.1, 0.15) is 6.61 Å². The molecule has 0 saturated heterocycles. The number of hydrogen-bond donors (Lipinski definition) is 0. The summed E-state index contributed by atoms with van der Waals surface area (Å²) >= 11 is 9.46. The number of methoxy groups -OCH3 is 1. The van der Waals surface area contributed by atoms with E-state index in [4.69, 9.17) is 26.3 Å². The van der Waals surface area contributed by atoms with Crippen LogP contribution < -0.4 is 9.47 Å². The first-order chi connectivity index (χ1) is 10.2. The zero-order chi connectivity index (χ0) is 15.2. The molecule has 0 radical (unpaired) electrons. The van der Waals surface area contributed by atoms with Crippen molar-refractivity contribution in [3.63, 3.8) is 0 Å². The molecule has 0 aromatic heterocycles. The molecule has 21 heavy (non-hydrogen) atoms. The SMILES string of the molecule is COc1cc(Cl)cc(CBr)c1OCc1ccc(C#N)cc1. The molecule has 108 valence electrons. The maximum Gasteiger partial charge on any atom is 0.165 e. The summed E-state index contributed by atoms with van der Waals surface area (Å²) in [5.41, 5.74) is 2.53. The van der Waals surface area contributed by atoms with Crippen LogP contribution >= 0.6 is 27.5 Å². The van der Waals surface area contributed by atoms with Gasteiger partial charge in [-0.25, -0.2) is 0 Å². The first-order valence-corrected chi connectivity index (χ1v) is 7.72. The summed E-state index contributed by atoms with van der Waals surface area (Å²) in [6.07, 6.45) is 0. The molecular formula is C16H13BrClNO2. The Morgan fingerprint density at radius 1 is 1.24 bits per heavy atom. The van der Waals surface area contributed by atoms with Gasteiger partial charge in [-0.1, -0.05) is 39.7 Å². The number of hydrogen-bond acceptors (Lipinski definition) is 3. The van der Waals surface area contributed by atoms with Gasteiger partial charge in [-0.05, 0) is 23.8 Å². The number of halogens is 2. The van der Waals surface area contributed by atoms with Crippen LogP contribution in [0.5, 0.6) is 11.5 Å². The molecule has 5 heteroatoms. The molecule has 2 aromatic carbocycles. The molecule has 0 unspecified atom stereocenters. The zero-order valence-electron chi connectivity index (χ0n) is 11.4. The van der Waals surface area contributed by atoms with E-state index in [9.17, 15) is 0 Å². The highest BCUT2D eigenvalue weighted by molar-refractivity contribution is 9.08. The van der Waals surface area contributed by atoms with Crippen LogP contribution in [0.25, 0.3) is 0 Å². The van der Waals surface area contributed by atoms with Crippen molar-refractivity contribution in [3.8, 4) is 17.6 Å². The van der Waals surface area contributed by atoms with E-state index in [1.54, 1.807) is 25.3 Å². The van der Waals surface area contributed by atoms with E-state index >= 15 is 0 Å². The first-order valence-electron chi connectivity index (χ1n) is 6.22. The van der Waals surface area contributed by atoms with Crippen LogP contribution in [-0.2, 0) is 11.9 Å². The van der Waals surface area contributed by atoms with Gasteiger partial charge in [0.2, 0.25) is 0 Å². The van der Waals surface area contributed by atoms with Crippen molar-refractivity contribution in [2.45, 2.75) is 11.9 Å². The van der Waals surface area contributed by atoms with Crippen molar-refractivity contribution in [2.75, 3.05) is 7.11 Å². The molecule has 0 bridgehead atoms. The zero-order valence-corrected chi connectivity index (χ0v) is 13.7. The van der Waals surface area contributed by atoms with Gasteiger partial charge in [0, 0.05) is 22.0 Å². The van der Waals surface area contributed by atoms with Gasteiger partial charge >= 0.3 is 0 Å². The van der Waals surface area contributed by atoms with Gasteiger partial charge < -0.3 is 9.47 Å². The summed E-state index contributed by atoms with van der Waals surface area (Å²) in [7, 11) is 1.58. The second-order valence-corrected chi connectivity index (χ2v) is 5.32. The minimum Gasteiger partial charge on any atom is -0.493 e. The number of alkyl halides is 1. The number of ether oxygens (including phenoxy) is 2. The van der Waals surface area contributed by atoms with E-state index in [2.05, 4.69) is 22.0 Å². The number of nitrogens with zero attached hydrogens (tertiary/aromatic N) is 1. The Kier molecular flexibility index (Phi) is 5.49. The third-order valence-corrected chi connectivity index (χ3v) is 3.75. The van der Waals surface area contributed by atoms with Crippen molar-refractivity contribution in [3.05, 3.63) is 58.1 Å². The third kappa shape index (κ3) is 3.90. The summed E-state index contributed by atoms with van der Waals surface area (Å²) in [5, 5.41) is 10.0. The summed E-state index contributed by atoms with van der Waals surface area (Å²) in [6, 6.07) is 12.9. The summed E-state index contributed by atoms with van der Waals surface area (Å²) in [5.74, 6) is 1.27. The molecule has 0 aliphatic heterocycles. The Balaban J connectivity index is 2.20. The number of benzene rings is 2. The van der Waals surface area contributed by atoms with Gasteiger partial charge in [-0.2, -0.15) is 5.26 Å². The lowest BCUT2D eigenvalue weighted by Gasteiger charge is -2.14. The van der Waals surface area contributed by atoms with Gasteiger partial charge in [0.05, 0.1) is 18.7 Å². The Morgan fingerprint density at radius 3 is 2.52 bits per heavy atom. The van der Waals surface area contributed by atoms with Gasteiger partial charge in [-0.3, -0.25) is 0 Å². The van der Waals surface area contributed by atoms with E-state index in [1.165, 1.54) is 0 Å². The first kappa shape index (κ1) is 15.7. The quantitative estimate of drug-likeness (QED) is 0.721. The van der Waals surface area contributed by atoms with Crippen LogP contribution in [0.4, 0.5) is 0 Å². The molecule has 0 heterocycles. The second kappa shape index (κ2) is 7.35. The standard InChI is InChI=1S/C16H13BrClNO2/c1-20-15-7-14(18)6-13(8-17)16(15)21-10-12-4-2-11(9-19)3-5-12/h2-7H,8,10H2,1H3. The smallest absolute Gasteiger partial charge is 0.165 e. The minimum atomic E-state index is 0.393. The van der Waals surface area contributed by atoms with E-state index in [1.807, 2.05) is 18.2 Å². The molecule has 0 saturated carbocycles. The summed E-state index contributed by atoms with van der Waals surface area (Å²) < 4.78 is 11.2. The molecule has 0 fully saturated rings. The predicted molar refractivity (Wildman–Crippen MR) is 86.1 cm³/mol. The highest BCUT2D eigenvalue weighted by atomic mass is 79.9. The Hall–Kier alpha value is -1.70. The van der Waals surface area contributed by atoms with Crippen molar-refractivity contribution in [1.82, 2.24) is 0 Å². The molecule has 0 atom stereocenters. The molecule has 0 N–H and O–H groups in total. The van der Waals surface area contributed by atoms with Gasteiger partial charge in [0.15, 0.2) is 11.5 Å². The largest absolute Gasteiger partial charge is 0.493 e. The number of nitriles is 1. The lowest BCUT2D eigenvalue weighted by atomic mass is 10.1. The Labute approximate surface area is 137 Å². The Morgan fingerprint density at radius 2 is 1.95 bits per heavy atom. The molecule has 0 aliphatic carbocycles. The number of rotatable bonds is 5.